The summed E-state index contributed by atoms with van der Waals surface area (Å²) in [4.78, 5) is 2.80. The quantitative estimate of drug-likeness (QED) is 0.820. The Morgan fingerprint density at radius 2 is 2.00 bits per heavy atom. The molecule has 0 amide bonds. The molecule has 1 aromatic carbocycles. The third-order valence-corrected chi connectivity index (χ3v) is 5.66. The largest absolute Gasteiger partial charge is 0.314 e. The molecule has 5 nitrogen and oxygen atoms in total. The highest BCUT2D eigenvalue weighted by molar-refractivity contribution is 7.89. The van der Waals surface area contributed by atoms with Crippen LogP contribution in [0, 0.1) is 0 Å². The van der Waals surface area contributed by atoms with Gasteiger partial charge in [0.25, 0.3) is 0 Å². The Morgan fingerprint density at radius 1 is 1.29 bits per heavy atom. The van der Waals surface area contributed by atoms with Crippen molar-refractivity contribution in [1.82, 2.24) is 14.5 Å². The van der Waals surface area contributed by atoms with E-state index in [1.54, 1.807) is 26.2 Å². The molecule has 2 rings (SSSR count). The predicted octanol–water partition coefficient (Wildman–Crippen LogP) is 1.12. The molecular formula is C15H25N3O2S. The van der Waals surface area contributed by atoms with Gasteiger partial charge >= 0.3 is 0 Å². The van der Waals surface area contributed by atoms with Gasteiger partial charge in [0.05, 0.1) is 4.90 Å². The van der Waals surface area contributed by atoms with Gasteiger partial charge in [-0.3, -0.25) is 4.90 Å². The first kappa shape index (κ1) is 16.4. The van der Waals surface area contributed by atoms with Crippen molar-refractivity contribution in [2.75, 3.05) is 33.7 Å². The molecule has 1 saturated heterocycles. The summed E-state index contributed by atoms with van der Waals surface area (Å²) in [6.45, 7) is 6.06. The Hall–Kier alpha value is -0.950. The van der Waals surface area contributed by atoms with Crippen molar-refractivity contribution in [1.29, 1.82) is 0 Å². The third kappa shape index (κ3) is 3.83. The van der Waals surface area contributed by atoms with Gasteiger partial charge < -0.3 is 5.32 Å². The molecule has 0 radical (unpaired) electrons. The Morgan fingerprint density at radius 3 is 2.52 bits per heavy atom. The van der Waals surface area contributed by atoms with E-state index in [1.807, 2.05) is 12.1 Å². The number of nitrogens with one attached hydrogen (secondary N) is 1. The maximum absolute atomic E-state index is 12.2. The minimum absolute atomic E-state index is 0.369. The van der Waals surface area contributed by atoms with Crippen LogP contribution in [-0.4, -0.2) is 57.4 Å². The molecule has 0 bridgehead atoms. The minimum Gasteiger partial charge on any atom is -0.314 e. The zero-order valence-corrected chi connectivity index (χ0v) is 13.9. The lowest BCUT2D eigenvalue weighted by atomic mass is 10.1. The summed E-state index contributed by atoms with van der Waals surface area (Å²) in [5, 5.41) is 3.29. The molecule has 1 aliphatic heterocycles. The van der Waals surface area contributed by atoms with Crippen molar-refractivity contribution < 1.29 is 8.42 Å². The molecule has 0 aliphatic carbocycles. The molecule has 1 N–H and O–H groups in total. The molecule has 1 fully saturated rings. The summed E-state index contributed by atoms with van der Waals surface area (Å²) < 4.78 is 25.7. The summed E-state index contributed by atoms with van der Waals surface area (Å²) in [6.07, 6.45) is 1.10. The number of benzene rings is 1. The lowest BCUT2D eigenvalue weighted by Crippen LogP contribution is -2.56. The smallest absolute Gasteiger partial charge is 0.242 e. The van der Waals surface area contributed by atoms with Gasteiger partial charge in [-0.05, 0) is 30.7 Å². The van der Waals surface area contributed by atoms with Gasteiger partial charge in [0.1, 0.15) is 0 Å². The van der Waals surface area contributed by atoms with Crippen LogP contribution in [0.5, 0.6) is 0 Å². The number of rotatable bonds is 7. The first-order chi connectivity index (χ1) is 9.95. The van der Waals surface area contributed by atoms with Crippen LogP contribution in [0.2, 0.25) is 0 Å². The molecule has 1 aliphatic rings. The molecule has 1 heterocycles. The first-order valence-corrected chi connectivity index (χ1v) is 8.85. The Labute approximate surface area is 128 Å². The Bertz CT molecular complexity index is 568. The predicted molar refractivity (Wildman–Crippen MR) is 84.7 cm³/mol. The minimum atomic E-state index is -3.36. The van der Waals surface area contributed by atoms with Gasteiger partial charge in [-0.1, -0.05) is 19.1 Å². The third-order valence-electron chi connectivity index (χ3n) is 3.85. The van der Waals surface area contributed by atoms with E-state index in [0.29, 0.717) is 10.9 Å². The van der Waals surface area contributed by atoms with Gasteiger partial charge in [0, 0.05) is 39.8 Å². The van der Waals surface area contributed by atoms with Crippen molar-refractivity contribution in [2.24, 2.45) is 0 Å². The van der Waals surface area contributed by atoms with E-state index in [2.05, 4.69) is 17.1 Å². The van der Waals surface area contributed by atoms with Crippen LogP contribution in [0.15, 0.2) is 29.2 Å². The van der Waals surface area contributed by atoms with E-state index in [4.69, 9.17) is 0 Å². The molecule has 0 saturated carbocycles. The molecule has 118 valence electrons. The highest BCUT2D eigenvalue weighted by Gasteiger charge is 2.24. The molecule has 0 spiro atoms. The van der Waals surface area contributed by atoms with Crippen LogP contribution < -0.4 is 5.32 Å². The van der Waals surface area contributed by atoms with Gasteiger partial charge in [0.15, 0.2) is 0 Å². The number of hydrogen-bond acceptors (Lipinski definition) is 4. The van der Waals surface area contributed by atoms with Crippen LogP contribution in [0.25, 0.3) is 0 Å². The molecular weight excluding hydrogens is 286 g/mol. The maximum atomic E-state index is 12.2. The van der Waals surface area contributed by atoms with Crippen LogP contribution >= 0.6 is 0 Å². The monoisotopic (exact) mass is 311 g/mol. The molecule has 0 unspecified atom stereocenters. The van der Waals surface area contributed by atoms with Gasteiger partial charge in [0.2, 0.25) is 10.0 Å². The van der Waals surface area contributed by atoms with E-state index in [9.17, 15) is 8.42 Å². The summed E-state index contributed by atoms with van der Waals surface area (Å²) in [6, 6.07) is 7.86. The van der Waals surface area contributed by atoms with Crippen molar-refractivity contribution in [2.45, 2.75) is 30.8 Å². The van der Waals surface area contributed by atoms with Gasteiger partial charge in [-0.15, -0.1) is 0 Å². The number of hydrogen-bond donors (Lipinski definition) is 1. The fourth-order valence-electron chi connectivity index (χ4n) is 2.46. The average molecular weight is 311 g/mol. The summed E-state index contributed by atoms with van der Waals surface area (Å²) in [7, 11) is -0.235. The van der Waals surface area contributed by atoms with E-state index in [0.717, 1.165) is 38.2 Å². The van der Waals surface area contributed by atoms with Crippen LogP contribution in [0.1, 0.15) is 18.9 Å². The van der Waals surface area contributed by atoms with E-state index in [1.165, 1.54) is 4.31 Å². The number of nitrogens with zero attached hydrogens (tertiary/aromatic N) is 2. The van der Waals surface area contributed by atoms with E-state index >= 15 is 0 Å². The Kier molecular flexibility index (Phi) is 5.37. The maximum Gasteiger partial charge on any atom is 0.242 e. The van der Waals surface area contributed by atoms with Crippen molar-refractivity contribution >= 4 is 10.0 Å². The van der Waals surface area contributed by atoms with Crippen molar-refractivity contribution in [3.05, 3.63) is 29.8 Å². The second kappa shape index (κ2) is 6.87. The molecule has 1 aromatic rings. The van der Waals surface area contributed by atoms with Gasteiger partial charge in [-0.25, -0.2) is 12.7 Å². The second-order valence-electron chi connectivity index (χ2n) is 5.72. The van der Waals surface area contributed by atoms with Crippen molar-refractivity contribution in [3.8, 4) is 0 Å². The summed E-state index contributed by atoms with van der Waals surface area (Å²) in [5.41, 5.74) is 1.05. The normalized spacial score (nSPS) is 16.4. The second-order valence-corrected chi connectivity index (χ2v) is 7.87. The average Bonchev–Trinajstić information content (AvgIpc) is 2.37. The molecule has 21 heavy (non-hydrogen) atoms. The highest BCUT2D eigenvalue weighted by Crippen LogP contribution is 2.18. The lowest BCUT2D eigenvalue weighted by Gasteiger charge is -2.38. The molecule has 0 aromatic heterocycles. The summed E-state index contributed by atoms with van der Waals surface area (Å²) >= 11 is 0. The van der Waals surface area contributed by atoms with Crippen LogP contribution in [0.4, 0.5) is 0 Å². The SMILES string of the molecule is CCCN(Cc1cccc(S(=O)(=O)N(C)C)c1)C1CNC1. The Balaban J connectivity index is 2.16. The highest BCUT2D eigenvalue weighted by atomic mass is 32.2. The lowest BCUT2D eigenvalue weighted by molar-refractivity contribution is 0.138. The van der Waals surface area contributed by atoms with Crippen LogP contribution in [-0.2, 0) is 16.6 Å². The van der Waals surface area contributed by atoms with E-state index in [-0.39, 0.29) is 0 Å². The molecule has 0 atom stereocenters. The summed E-state index contributed by atoms with van der Waals surface area (Å²) in [5.74, 6) is 0. The zero-order valence-electron chi connectivity index (χ0n) is 13.0. The fourth-order valence-corrected chi connectivity index (χ4v) is 3.43. The van der Waals surface area contributed by atoms with Crippen molar-refractivity contribution in [3.63, 3.8) is 0 Å². The zero-order chi connectivity index (χ0) is 15.5. The molecule has 6 heteroatoms. The standard InChI is InChI=1S/C15H25N3O2S/c1-4-8-18(14-10-16-11-14)12-13-6-5-7-15(9-13)21(19,20)17(2)3/h5-7,9,14,16H,4,8,10-12H2,1-3H3. The van der Waals surface area contributed by atoms with E-state index < -0.39 is 10.0 Å². The first-order valence-electron chi connectivity index (χ1n) is 7.41. The number of sulfonamides is 1. The van der Waals surface area contributed by atoms with Gasteiger partial charge in [-0.2, -0.15) is 0 Å². The fraction of sp³-hybridized carbons (Fsp3) is 0.600. The topological polar surface area (TPSA) is 52.7 Å². The van der Waals surface area contributed by atoms with Crippen LogP contribution in [0.3, 0.4) is 0 Å².